The summed E-state index contributed by atoms with van der Waals surface area (Å²) in [5, 5.41) is 7.31. The highest BCUT2D eigenvalue weighted by molar-refractivity contribution is 5.96. The summed E-state index contributed by atoms with van der Waals surface area (Å²) in [7, 11) is 1.30. The summed E-state index contributed by atoms with van der Waals surface area (Å²) in [6.45, 7) is 0.526. The average Bonchev–Trinajstić information content (AvgIpc) is 3.58. The standard InChI is InChI=1S/C22H22N4O4/c1-30-21(28)17-11-9-16(10-12-17)20(27)23-13-14-25-22(29)26(18-5-3-2-4-6-18)19(24-25)15-7-8-15/h2-6,9-12,15H,7-8,13-14H2,1H3,(H,23,27). The quantitative estimate of drug-likeness (QED) is 0.607. The van der Waals surface area contributed by atoms with Crippen molar-refractivity contribution < 1.29 is 14.3 Å². The predicted octanol–water partition coefficient (Wildman–Crippen LogP) is 2.13. The van der Waals surface area contributed by atoms with Gasteiger partial charge in [-0.3, -0.25) is 4.79 Å². The van der Waals surface area contributed by atoms with Crippen molar-refractivity contribution in [1.29, 1.82) is 0 Å². The van der Waals surface area contributed by atoms with Gasteiger partial charge in [0.15, 0.2) is 0 Å². The number of nitrogens with zero attached hydrogens (tertiary/aromatic N) is 3. The summed E-state index contributed by atoms with van der Waals surface area (Å²) in [5.41, 5.74) is 1.38. The summed E-state index contributed by atoms with van der Waals surface area (Å²) < 4.78 is 7.71. The molecule has 2 aromatic carbocycles. The molecule has 8 heteroatoms. The van der Waals surface area contributed by atoms with Crippen molar-refractivity contribution in [3.05, 3.63) is 82.0 Å². The minimum atomic E-state index is -0.457. The SMILES string of the molecule is COC(=O)c1ccc(C(=O)NCCn2nc(C3CC3)n(-c3ccccc3)c2=O)cc1. The number of amides is 1. The first-order valence-corrected chi connectivity index (χ1v) is 9.80. The molecule has 1 N–H and O–H groups in total. The summed E-state index contributed by atoms with van der Waals surface area (Å²) in [6, 6.07) is 15.7. The molecule has 1 aromatic heterocycles. The van der Waals surface area contributed by atoms with Crippen molar-refractivity contribution >= 4 is 11.9 Å². The lowest BCUT2D eigenvalue weighted by Crippen LogP contribution is -2.32. The Morgan fingerprint density at radius 1 is 1.07 bits per heavy atom. The summed E-state index contributed by atoms with van der Waals surface area (Å²) in [4.78, 5) is 36.7. The highest BCUT2D eigenvalue weighted by Gasteiger charge is 2.31. The Morgan fingerprint density at radius 2 is 1.73 bits per heavy atom. The van der Waals surface area contributed by atoms with Crippen LogP contribution in [0.15, 0.2) is 59.4 Å². The maximum atomic E-state index is 12.9. The molecule has 0 radical (unpaired) electrons. The van der Waals surface area contributed by atoms with E-state index in [2.05, 4.69) is 15.2 Å². The fourth-order valence-electron chi connectivity index (χ4n) is 3.25. The van der Waals surface area contributed by atoms with Crippen LogP contribution in [0.5, 0.6) is 0 Å². The van der Waals surface area contributed by atoms with E-state index < -0.39 is 5.97 Å². The zero-order valence-corrected chi connectivity index (χ0v) is 16.6. The molecular formula is C22H22N4O4. The summed E-state index contributed by atoms with van der Waals surface area (Å²) in [5.74, 6) is 0.337. The van der Waals surface area contributed by atoms with Gasteiger partial charge in [-0.25, -0.2) is 18.8 Å². The Hall–Kier alpha value is -3.68. The first kappa shape index (κ1) is 19.6. The van der Waals surface area contributed by atoms with Gasteiger partial charge in [0.05, 0.1) is 24.9 Å². The second kappa shape index (κ2) is 8.36. The highest BCUT2D eigenvalue weighted by Crippen LogP contribution is 2.39. The van der Waals surface area contributed by atoms with E-state index in [1.807, 2.05) is 30.3 Å². The molecule has 1 amide bonds. The molecule has 0 spiro atoms. The number of hydrogen-bond donors (Lipinski definition) is 1. The van der Waals surface area contributed by atoms with Crippen molar-refractivity contribution in [1.82, 2.24) is 19.7 Å². The van der Waals surface area contributed by atoms with Crippen LogP contribution in [0.2, 0.25) is 0 Å². The van der Waals surface area contributed by atoms with E-state index in [-0.39, 0.29) is 24.7 Å². The van der Waals surface area contributed by atoms with E-state index in [0.29, 0.717) is 17.0 Å². The molecule has 1 fully saturated rings. The van der Waals surface area contributed by atoms with Crippen LogP contribution in [0.3, 0.4) is 0 Å². The van der Waals surface area contributed by atoms with Gasteiger partial charge in [-0.15, -0.1) is 0 Å². The molecule has 8 nitrogen and oxygen atoms in total. The largest absolute Gasteiger partial charge is 0.465 e. The Morgan fingerprint density at radius 3 is 2.37 bits per heavy atom. The number of carbonyl (C=O) groups excluding carboxylic acids is 2. The molecule has 1 aliphatic carbocycles. The maximum absolute atomic E-state index is 12.9. The Balaban J connectivity index is 1.44. The summed E-state index contributed by atoms with van der Waals surface area (Å²) >= 11 is 0. The van der Waals surface area contributed by atoms with Crippen LogP contribution in [0, 0.1) is 0 Å². The van der Waals surface area contributed by atoms with Crippen LogP contribution >= 0.6 is 0 Å². The van der Waals surface area contributed by atoms with Gasteiger partial charge < -0.3 is 10.1 Å². The third-order valence-electron chi connectivity index (χ3n) is 5.00. The van der Waals surface area contributed by atoms with Crippen LogP contribution < -0.4 is 11.0 Å². The van der Waals surface area contributed by atoms with Crippen LogP contribution in [0.25, 0.3) is 5.69 Å². The summed E-state index contributed by atoms with van der Waals surface area (Å²) in [6.07, 6.45) is 2.06. The molecule has 30 heavy (non-hydrogen) atoms. The normalized spacial score (nSPS) is 13.1. The molecule has 1 saturated carbocycles. The van der Waals surface area contributed by atoms with Crippen molar-refractivity contribution in [3.8, 4) is 5.69 Å². The molecule has 0 aliphatic heterocycles. The molecule has 0 saturated heterocycles. The zero-order valence-electron chi connectivity index (χ0n) is 16.6. The number of aromatic nitrogens is 3. The number of nitrogens with one attached hydrogen (secondary N) is 1. The highest BCUT2D eigenvalue weighted by atomic mass is 16.5. The van der Waals surface area contributed by atoms with Crippen LogP contribution in [-0.4, -0.2) is 39.9 Å². The number of hydrogen-bond acceptors (Lipinski definition) is 5. The number of carbonyl (C=O) groups is 2. The van der Waals surface area contributed by atoms with Crippen molar-refractivity contribution in [2.45, 2.75) is 25.3 Å². The van der Waals surface area contributed by atoms with Gasteiger partial charge in [-0.2, -0.15) is 5.10 Å². The molecule has 0 atom stereocenters. The van der Waals surface area contributed by atoms with Crippen molar-refractivity contribution in [2.24, 2.45) is 0 Å². The van der Waals surface area contributed by atoms with Gasteiger partial charge in [-0.05, 0) is 49.2 Å². The molecule has 3 aromatic rings. The second-order valence-electron chi connectivity index (χ2n) is 7.13. The second-order valence-corrected chi connectivity index (χ2v) is 7.13. The minimum absolute atomic E-state index is 0.209. The lowest BCUT2D eigenvalue weighted by atomic mass is 10.1. The van der Waals surface area contributed by atoms with Crippen LogP contribution in [0.4, 0.5) is 0 Å². The van der Waals surface area contributed by atoms with Crippen LogP contribution in [0.1, 0.15) is 45.3 Å². The topological polar surface area (TPSA) is 95.2 Å². The van der Waals surface area contributed by atoms with E-state index in [1.165, 1.54) is 23.9 Å². The number of rotatable bonds is 7. The molecule has 154 valence electrons. The zero-order chi connectivity index (χ0) is 21.1. The number of ether oxygens (including phenoxy) is 1. The van der Waals surface area contributed by atoms with Crippen molar-refractivity contribution in [2.75, 3.05) is 13.7 Å². The van der Waals surface area contributed by atoms with E-state index in [4.69, 9.17) is 0 Å². The molecule has 0 unspecified atom stereocenters. The molecule has 4 rings (SSSR count). The van der Waals surface area contributed by atoms with Gasteiger partial charge in [0.2, 0.25) is 0 Å². The van der Waals surface area contributed by atoms with Crippen molar-refractivity contribution in [3.63, 3.8) is 0 Å². The fourth-order valence-corrected chi connectivity index (χ4v) is 3.25. The smallest absolute Gasteiger partial charge is 0.350 e. The predicted molar refractivity (Wildman–Crippen MR) is 110 cm³/mol. The fraction of sp³-hybridized carbons (Fsp3) is 0.273. The van der Waals surface area contributed by atoms with E-state index in [9.17, 15) is 14.4 Å². The first-order chi connectivity index (χ1) is 14.6. The number of benzene rings is 2. The van der Waals surface area contributed by atoms with E-state index in [1.54, 1.807) is 16.7 Å². The number of esters is 1. The van der Waals surface area contributed by atoms with Crippen LogP contribution in [-0.2, 0) is 11.3 Å². The lowest BCUT2D eigenvalue weighted by Gasteiger charge is -2.06. The molecule has 0 bridgehead atoms. The van der Waals surface area contributed by atoms with Gasteiger partial charge >= 0.3 is 11.7 Å². The molecule has 1 aliphatic rings. The Labute approximate surface area is 173 Å². The van der Waals surface area contributed by atoms with Gasteiger partial charge in [-0.1, -0.05) is 18.2 Å². The third kappa shape index (κ3) is 4.03. The third-order valence-corrected chi connectivity index (χ3v) is 5.00. The van der Waals surface area contributed by atoms with E-state index in [0.717, 1.165) is 24.4 Å². The maximum Gasteiger partial charge on any atom is 0.350 e. The molecule has 1 heterocycles. The number of para-hydroxylation sites is 1. The first-order valence-electron chi connectivity index (χ1n) is 9.80. The minimum Gasteiger partial charge on any atom is -0.465 e. The lowest BCUT2D eigenvalue weighted by molar-refractivity contribution is 0.0600. The Bertz CT molecular complexity index is 1110. The Kier molecular flexibility index (Phi) is 5.47. The van der Waals surface area contributed by atoms with Gasteiger partial charge in [0.1, 0.15) is 5.82 Å². The molecular weight excluding hydrogens is 384 g/mol. The van der Waals surface area contributed by atoms with Gasteiger partial charge in [0.25, 0.3) is 5.91 Å². The average molecular weight is 406 g/mol. The van der Waals surface area contributed by atoms with Gasteiger partial charge in [0, 0.05) is 18.0 Å². The monoisotopic (exact) mass is 406 g/mol. The van der Waals surface area contributed by atoms with E-state index >= 15 is 0 Å². The number of methoxy groups -OCH3 is 1.